The third-order valence-electron chi connectivity index (χ3n) is 2.73. The van der Waals surface area contributed by atoms with Crippen LogP contribution in [0.3, 0.4) is 0 Å². The molecule has 112 valence electrons. The van der Waals surface area contributed by atoms with Crippen LogP contribution in [0.15, 0.2) is 12.5 Å². The fourth-order valence-corrected chi connectivity index (χ4v) is 1.72. The summed E-state index contributed by atoms with van der Waals surface area (Å²) in [6.45, 7) is 6.70. The van der Waals surface area contributed by atoms with E-state index in [-0.39, 0.29) is 18.5 Å². The summed E-state index contributed by atoms with van der Waals surface area (Å²) in [4.78, 5) is 29.4. The first-order chi connectivity index (χ1) is 9.49. The number of ether oxygens (including phenoxy) is 1. The quantitative estimate of drug-likeness (QED) is 0.724. The van der Waals surface area contributed by atoms with Crippen LogP contribution in [0.5, 0.6) is 0 Å². The largest absolute Gasteiger partial charge is 0.465 e. The average molecular weight is 282 g/mol. The number of imidazole rings is 1. The van der Waals surface area contributed by atoms with E-state index in [1.807, 2.05) is 13.8 Å². The number of rotatable bonds is 7. The molecule has 1 amide bonds. The molecule has 0 saturated heterocycles. The number of aromatic nitrogens is 2. The Kier molecular flexibility index (Phi) is 6.17. The lowest BCUT2D eigenvalue weighted by Crippen LogP contribution is -2.41. The van der Waals surface area contributed by atoms with Crippen LogP contribution in [-0.4, -0.2) is 52.1 Å². The van der Waals surface area contributed by atoms with E-state index >= 15 is 0 Å². The molecule has 1 aromatic rings. The third-order valence-corrected chi connectivity index (χ3v) is 2.73. The molecule has 0 spiro atoms. The molecule has 0 radical (unpaired) electrons. The summed E-state index contributed by atoms with van der Waals surface area (Å²) in [5, 5.41) is 0. The van der Waals surface area contributed by atoms with Gasteiger partial charge in [0, 0.05) is 25.3 Å². The summed E-state index contributed by atoms with van der Waals surface area (Å²) in [6.07, 6.45) is 3.19. The lowest BCUT2D eigenvalue weighted by Gasteiger charge is -2.24. The molecule has 0 aliphatic carbocycles. The van der Waals surface area contributed by atoms with Gasteiger partial charge in [-0.05, 0) is 20.8 Å². The molecule has 7 nitrogen and oxygen atoms in total. The first-order valence-corrected chi connectivity index (χ1v) is 6.68. The summed E-state index contributed by atoms with van der Waals surface area (Å²) in [5.41, 5.74) is 5.75. The highest BCUT2D eigenvalue weighted by Gasteiger charge is 2.23. The van der Waals surface area contributed by atoms with Gasteiger partial charge >= 0.3 is 5.97 Å². The predicted molar refractivity (Wildman–Crippen MR) is 74.1 cm³/mol. The summed E-state index contributed by atoms with van der Waals surface area (Å²) < 4.78 is 6.62. The molecule has 20 heavy (non-hydrogen) atoms. The smallest absolute Gasteiger partial charge is 0.325 e. The number of carbonyl (C=O) groups excluding carboxylic acids is 2. The molecule has 0 bridgehead atoms. The highest BCUT2D eigenvalue weighted by atomic mass is 16.5. The van der Waals surface area contributed by atoms with Crippen LogP contribution in [0.2, 0.25) is 0 Å². The predicted octanol–water partition coefficient (Wildman–Crippen LogP) is 0.256. The molecule has 1 heterocycles. The number of amides is 1. The van der Waals surface area contributed by atoms with Gasteiger partial charge in [-0.2, -0.15) is 0 Å². The minimum atomic E-state index is -0.420. The molecule has 0 unspecified atom stereocenters. The molecule has 0 fully saturated rings. The lowest BCUT2D eigenvalue weighted by atomic mass is 10.2. The minimum absolute atomic E-state index is 0.0753. The van der Waals surface area contributed by atoms with E-state index in [1.165, 1.54) is 4.90 Å². The Bertz CT molecular complexity index is 456. The second-order valence-corrected chi connectivity index (χ2v) is 4.62. The molecule has 2 N–H and O–H groups in total. The average Bonchev–Trinajstić information content (AvgIpc) is 2.84. The monoisotopic (exact) mass is 282 g/mol. The van der Waals surface area contributed by atoms with Crippen molar-refractivity contribution < 1.29 is 14.3 Å². The Balaban J connectivity index is 2.79. The Morgan fingerprint density at radius 2 is 2.20 bits per heavy atom. The van der Waals surface area contributed by atoms with Gasteiger partial charge in [-0.15, -0.1) is 0 Å². The van der Waals surface area contributed by atoms with E-state index < -0.39 is 5.97 Å². The highest BCUT2D eigenvalue weighted by Crippen LogP contribution is 2.07. The van der Waals surface area contributed by atoms with Crippen LogP contribution in [-0.2, 0) is 16.1 Å². The van der Waals surface area contributed by atoms with Gasteiger partial charge in [-0.3, -0.25) is 9.59 Å². The van der Waals surface area contributed by atoms with E-state index in [4.69, 9.17) is 10.5 Å². The summed E-state index contributed by atoms with van der Waals surface area (Å²) in [7, 11) is 0. The van der Waals surface area contributed by atoms with Crippen molar-refractivity contribution in [1.29, 1.82) is 0 Å². The SMILES string of the molecule is CCOC(=O)CN(C(=O)c1cn(CCN)cn1)C(C)C. The van der Waals surface area contributed by atoms with Crippen LogP contribution in [0.1, 0.15) is 31.3 Å². The molecule has 0 aliphatic heterocycles. The second-order valence-electron chi connectivity index (χ2n) is 4.62. The third kappa shape index (κ3) is 4.34. The Labute approximate surface area is 118 Å². The summed E-state index contributed by atoms with van der Waals surface area (Å²) in [6, 6.07) is -0.119. The number of hydrogen-bond donors (Lipinski definition) is 1. The van der Waals surface area contributed by atoms with Crippen molar-refractivity contribution in [2.45, 2.75) is 33.4 Å². The summed E-state index contributed by atoms with van der Waals surface area (Å²) in [5.74, 6) is -0.709. The van der Waals surface area contributed by atoms with Gasteiger partial charge in [0.15, 0.2) is 0 Å². The van der Waals surface area contributed by atoms with Crippen molar-refractivity contribution in [2.24, 2.45) is 5.73 Å². The van der Waals surface area contributed by atoms with Crippen molar-refractivity contribution in [3.8, 4) is 0 Å². The van der Waals surface area contributed by atoms with Gasteiger partial charge in [-0.1, -0.05) is 0 Å². The van der Waals surface area contributed by atoms with Gasteiger partial charge in [0.2, 0.25) is 0 Å². The molecular weight excluding hydrogens is 260 g/mol. The highest BCUT2D eigenvalue weighted by molar-refractivity contribution is 5.94. The van der Waals surface area contributed by atoms with Crippen LogP contribution in [0.4, 0.5) is 0 Å². The molecule has 0 aliphatic rings. The van der Waals surface area contributed by atoms with Gasteiger partial charge in [-0.25, -0.2) is 4.98 Å². The molecule has 0 aromatic carbocycles. The van der Waals surface area contributed by atoms with Crippen LogP contribution in [0, 0.1) is 0 Å². The standard InChI is InChI=1S/C13H22N4O3/c1-4-20-12(18)8-17(10(2)3)13(19)11-7-16(6-5-14)9-15-11/h7,9-10H,4-6,8,14H2,1-3H3. The van der Waals surface area contributed by atoms with Crippen molar-refractivity contribution in [1.82, 2.24) is 14.5 Å². The van der Waals surface area contributed by atoms with Crippen molar-refractivity contribution in [3.05, 3.63) is 18.2 Å². The number of nitrogens with zero attached hydrogens (tertiary/aromatic N) is 3. The molecule has 1 aromatic heterocycles. The fraction of sp³-hybridized carbons (Fsp3) is 0.615. The van der Waals surface area contributed by atoms with E-state index in [9.17, 15) is 9.59 Å². The van der Waals surface area contributed by atoms with Crippen molar-refractivity contribution in [3.63, 3.8) is 0 Å². The Morgan fingerprint density at radius 3 is 2.75 bits per heavy atom. The Hall–Kier alpha value is -1.89. The van der Waals surface area contributed by atoms with Crippen LogP contribution < -0.4 is 5.73 Å². The van der Waals surface area contributed by atoms with Crippen LogP contribution in [0.25, 0.3) is 0 Å². The normalized spacial score (nSPS) is 10.7. The Morgan fingerprint density at radius 1 is 1.50 bits per heavy atom. The number of carbonyl (C=O) groups is 2. The zero-order valence-electron chi connectivity index (χ0n) is 12.2. The maximum atomic E-state index is 12.4. The summed E-state index contributed by atoms with van der Waals surface area (Å²) >= 11 is 0. The number of nitrogens with two attached hydrogens (primary N) is 1. The first-order valence-electron chi connectivity index (χ1n) is 6.68. The zero-order valence-corrected chi connectivity index (χ0v) is 12.2. The van der Waals surface area contributed by atoms with Gasteiger partial charge in [0.1, 0.15) is 12.2 Å². The topological polar surface area (TPSA) is 90.5 Å². The fourth-order valence-electron chi connectivity index (χ4n) is 1.72. The maximum Gasteiger partial charge on any atom is 0.325 e. The maximum absolute atomic E-state index is 12.4. The van der Waals surface area contributed by atoms with E-state index in [0.717, 1.165) is 0 Å². The van der Waals surface area contributed by atoms with E-state index in [2.05, 4.69) is 4.98 Å². The molecule has 7 heteroatoms. The lowest BCUT2D eigenvalue weighted by molar-refractivity contribution is -0.144. The van der Waals surface area contributed by atoms with E-state index in [0.29, 0.717) is 25.4 Å². The zero-order chi connectivity index (χ0) is 15.1. The molecule has 1 rings (SSSR count). The molecule has 0 atom stereocenters. The van der Waals surface area contributed by atoms with Crippen molar-refractivity contribution >= 4 is 11.9 Å². The first kappa shape index (κ1) is 16.2. The van der Waals surface area contributed by atoms with Gasteiger partial charge in [0.25, 0.3) is 5.91 Å². The van der Waals surface area contributed by atoms with Crippen molar-refractivity contribution in [2.75, 3.05) is 19.7 Å². The van der Waals surface area contributed by atoms with Crippen LogP contribution >= 0.6 is 0 Å². The van der Waals surface area contributed by atoms with Gasteiger partial charge < -0.3 is 19.9 Å². The van der Waals surface area contributed by atoms with E-state index in [1.54, 1.807) is 24.0 Å². The van der Waals surface area contributed by atoms with Gasteiger partial charge in [0.05, 0.1) is 12.9 Å². The second kappa shape index (κ2) is 7.64. The molecule has 0 saturated carbocycles. The number of hydrogen-bond acceptors (Lipinski definition) is 5. The molecular formula is C13H22N4O3. The minimum Gasteiger partial charge on any atom is -0.465 e. The number of esters is 1.